The second-order valence-electron chi connectivity index (χ2n) is 5.74. The van der Waals surface area contributed by atoms with Crippen LogP contribution < -0.4 is 4.72 Å². The van der Waals surface area contributed by atoms with E-state index in [-0.39, 0.29) is 5.41 Å². The van der Waals surface area contributed by atoms with Gasteiger partial charge in [-0.3, -0.25) is 0 Å². The molecule has 0 atom stereocenters. The van der Waals surface area contributed by atoms with E-state index in [1.807, 2.05) is 6.07 Å². The normalized spacial score (nSPS) is 21.3. The summed E-state index contributed by atoms with van der Waals surface area (Å²) in [5, 5.41) is 0. The lowest BCUT2D eigenvalue weighted by molar-refractivity contribution is 0.432. The van der Waals surface area contributed by atoms with Gasteiger partial charge in [0.25, 0.3) is 0 Å². The van der Waals surface area contributed by atoms with Gasteiger partial charge in [0.2, 0.25) is 10.0 Å². The zero-order valence-electron chi connectivity index (χ0n) is 10.7. The van der Waals surface area contributed by atoms with Gasteiger partial charge in [-0.25, -0.2) is 13.1 Å². The molecule has 19 heavy (non-hydrogen) atoms. The van der Waals surface area contributed by atoms with Crippen LogP contribution in [0.4, 0.5) is 0 Å². The van der Waals surface area contributed by atoms with E-state index >= 15 is 0 Å². The fourth-order valence-corrected chi connectivity index (χ4v) is 4.08. The SMILES string of the molecule is O=S(=O)(NCC1(C2CC2)CC1)c1cccc(CCl)c1. The fourth-order valence-electron chi connectivity index (χ4n) is 2.70. The van der Waals surface area contributed by atoms with E-state index in [2.05, 4.69) is 4.72 Å². The second-order valence-corrected chi connectivity index (χ2v) is 7.78. The van der Waals surface area contributed by atoms with Crippen LogP contribution in [0.2, 0.25) is 0 Å². The van der Waals surface area contributed by atoms with E-state index in [0.29, 0.717) is 17.3 Å². The lowest BCUT2D eigenvalue weighted by atomic mass is 10.0. The van der Waals surface area contributed by atoms with Crippen molar-refractivity contribution >= 4 is 21.6 Å². The maximum absolute atomic E-state index is 12.3. The largest absolute Gasteiger partial charge is 0.240 e. The van der Waals surface area contributed by atoms with E-state index in [0.717, 1.165) is 11.5 Å². The third-order valence-electron chi connectivity index (χ3n) is 4.31. The summed E-state index contributed by atoms with van der Waals surface area (Å²) in [7, 11) is -3.40. The van der Waals surface area contributed by atoms with E-state index in [4.69, 9.17) is 11.6 Å². The summed E-state index contributed by atoms with van der Waals surface area (Å²) in [6, 6.07) is 6.83. The van der Waals surface area contributed by atoms with Gasteiger partial charge in [-0.2, -0.15) is 0 Å². The zero-order valence-corrected chi connectivity index (χ0v) is 12.3. The molecule has 104 valence electrons. The number of rotatable bonds is 6. The first-order valence-corrected chi connectivity index (χ1v) is 8.72. The molecule has 0 spiro atoms. The second kappa shape index (κ2) is 4.76. The average Bonchev–Trinajstić information content (AvgIpc) is 3.29. The number of alkyl halides is 1. The lowest BCUT2D eigenvalue weighted by Crippen LogP contribution is -2.31. The minimum absolute atomic E-state index is 0.275. The Balaban J connectivity index is 1.71. The summed E-state index contributed by atoms with van der Waals surface area (Å²) >= 11 is 5.74. The molecule has 1 N–H and O–H groups in total. The fraction of sp³-hybridized carbons (Fsp3) is 0.571. The predicted octanol–water partition coefficient (Wildman–Crippen LogP) is 2.89. The molecule has 1 aromatic carbocycles. The van der Waals surface area contributed by atoms with Crippen LogP contribution in [0, 0.1) is 11.3 Å². The van der Waals surface area contributed by atoms with Gasteiger partial charge in [0.05, 0.1) is 4.90 Å². The van der Waals surface area contributed by atoms with E-state index in [1.54, 1.807) is 18.2 Å². The molecule has 0 unspecified atom stereocenters. The van der Waals surface area contributed by atoms with Crippen LogP contribution in [0.15, 0.2) is 29.2 Å². The molecule has 0 saturated heterocycles. The third kappa shape index (κ3) is 2.81. The van der Waals surface area contributed by atoms with Gasteiger partial charge in [-0.15, -0.1) is 11.6 Å². The molecule has 0 aromatic heterocycles. The molecule has 3 rings (SSSR count). The van der Waals surface area contributed by atoms with Crippen LogP contribution in [-0.2, 0) is 15.9 Å². The number of halogens is 1. The zero-order chi connectivity index (χ0) is 13.5. The van der Waals surface area contributed by atoms with Crippen molar-refractivity contribution in [3.63, 3.8) is 0 Å². The lowest BCUT2D eigenvalue weighted by Gasteiger charge is -2.15. The van der Waals surface area contributed by atoms with Crippen molar-refractivity contribution in [3.8, 4) is 0 Å². The van der Waals surface area contributed by atoms with Crippen molar-refractivity contribution in [1.82, 2.24) is 4.72 Å². The van der Waals surface area contributed by atoms with Crippen LogP contribution in [0.1, 0.15) is 31.2 Å². The van der Waals surface area contributed by atoms with E-state index < -0.39 is 10.0 Å². The Kier molecular flexibility index (Phi) is 3.36. The molecule has 1 aromatic rings. The van der Waals surface area contributed by atoms with Crippen molar-refractivity contribution in [2.75, 3.05) is 6.54 Å². The molecule has 5 heteroatoms. The number of sulfonamides is 1. The number of hydrogen-bond donors (Lipinski definition) is 1. The summed E-state index contributed by atoms with van der Waals surface area (Å²) in [4.78, 5) is 0.317. The molecule has 2 fully saturated rings. The topological polar surface area (TPSA) is 46.2 Å². The Morgan fingerprint density at radius 1 is 1.32 bits per heavy atom. The van der Waals surface area contributed by atoms with Crippen molar-refractivity contribution in [1.29, 1.82) is 0 Å². The van der Waals surface area contributed by atoms with Crippen LogP contribution in [0.3, 0.4) is 0 Å². The molecule has 2 saturated carbocycles. The van der Waals surface area contributed by atoms with Crippen molar-refractivity contribution in [2.24, 2.45) is 11.3 Å². The van der Waals surface area contributed by atoms with Crippen LogP contribution in [-0.4, -0.2) is 15.0 Å². The van der Waals surface area contributed by atoms with Gasteiger partial charge in [0, 0.05) is 12.4 Å². The summed E-state index contributed by atoms with van der Waals surface area (Å²) in [5.74, 6) is 1.08. The summed E-state index contributed by atoms with van der Waals surface area (Å²) in [5.41, 5.74) is 1.10. The number of hydrogen-bond acceptors (Lipinski definition) is 2. The standard InChI is InChI=1S/C14H18ClNO2S/c15-9-11-2-1-3-13(8-11)19(17,18)16-10-14(6-7-14)12-4-5-12/h1-3,8,12,16H,4-7,9-10H2. The molecular formula is C14H18ClNO2S. The quantitative estimate of drug-likeness (QED) is 0.821. The molecule has 0 aliphatic heterocycles. The highest BCUT2D eigenvalue weighted by atomic mass is 35.5. The molecule has 0 amide bonds. The summed E-state index contributed by atoms with van der Waals surface area (Å²) in [6.07, 6.45) is 4.87. The Morgan fingerprint density at radius 3 is 2.63 bits per heavy atom. The Morgan fingerprint density at radius 2 is 2.05 bits per heavy atom. The first-order valence-electron chi connectivity index (χ1n) is 6.70. The van der Waals surface area contributed by atoms with Crippen LogP contribution in [0.25, 0.3) is 0 Å². The molecule has 2 aliphatic rings. The molecule has 3 nitrogen and oxygen atoms in total. The third-order valence-corrected chi connectivity index (χ3v) is 6.02. The first kappa shape index (κ1) is 13.4. The van der Waals surface area contributed by atoms with Crippen LogP contribution >= 0.6 is 11.6 Å². The molecule has 0 bridgehead atoms. The Labute approximate surface area is 119 Å². The van der Waals surface area contributed by atoms with E-state index in [9.17, 15) is 8.42 Å². The van der Waals surface area contributed by atoms with E-state index in [1.165, 1.54) is 25.7 Å². The highest BCUT2D eigenvalue weighted by Crippen LogP contribution is 2.60. The minimum atomic E-state index is -3.40. The predicted molar refractivity (Wildman–Crippen MR) is 75.6 cm³/mol. The number of benzene rings is 1. The van der Waals surface area contributed by atoms with Gasteiger partial charge >= 0.3 is 0 Å². The van der Waals surface area contributed by atoms with Gasteiger partial charge in [0.1, 0.15) is 0 Å². The van der Waals surface area contributed by atoms with Crippen molar-refractivity contribution in [3.05, 3.63) is 29.8 Å². The first-order chi connectivity index (χ1) is 9.06. The maximum Gasteiger partial charge on any atom is 0.240 e. The highest BCUT2D eigenvalue weighted by molar-refractivity contribution is 7.89. The Hall–Kier alpha value is -0.580. The van der Waals surface area contributed by atoms with Gasteiger partial charge in [-0.05, 0) is 54.7 Å². The van der Waals surface area contributed by atoms with Gasteiger partial charge in [0.15, 0.2) is 0 Å². The minimum Gasteiger partial charge on any atom is -0.211 e. The molecule has 2 aliphatic carbocycles. The van der Waals surface area contributed by atoms with Crippen molar-refractivity contribution < 1.29 is 8.42 Å². The molecule has 0 heterocycles. The molecule has 0 radical (unpaired) electrons. The highest BCUT2D eigenvalue weighted by Gasteiger charge is 2.53. The average molecular weight is 300 g/mol. The monoisotopic (exact) mass is 299 g/mol. The number of nitrogens with one attached hydrogen (secondary N) is 1. The summed E-state index contributed by atoms with van der Waals surface area (Å²) < 4.78 is 27.3. The Bertz CT molecular complexity index is 577. The smallest absolute Gasteiger partial charge is 0.211 e. The van der Waals surface area contributed by atoms with Gasteiger partial charge in [-0.1, -0.05) is 12.1 Å². The maximum atomic E-state index is 12.3. The van der Waals surface area contributed by atoms with Crippen molar-refractivity contribution in [2.45, 2.75) is 36.5 Å². The molecular weight excluding hydrogens is 282 g/mol. The summed E-state index contributed by atoms with van der Waals surface area (Å²) in [6.45, 7) is 0.588. The van der Waals surface area contributed by atoms with Crippen LogP contribution in [0.5, 0.6) is 0 Å². The van der Waals surface area contributed by atoms with Gasteiger partial charge < -0.3 is 0 Å².